The molecule has 0 radical (unpaired) electrons. The van der Waals surface area contributed by atoms with Crippen LogP contribution in [0.25, 0.3) is 0 Å². The molecule has 1 aliphatic rings. The summed E-state index contributed by atoms with van der Waals surface area (Å²) in [5.74, 6) is 0.273. The van der Waals surface area contributed by atoms with Gasteiger partial charge >= 0.3 is 0 Å². The lowest BCUT2D eigenvalue weighted by atomic mass is 10.4. The minimum absolute atomic E-state index is 0.273. The maximum atomic E-state index is 10.7. The van der Waals surface area contributed by atoms with Crippen molar-refractivity contribution in [3.8, 4) is 0 Å². The number of hydrogen-bond acceptors (Lipinski definition) is 3. The van der Waals surface area contributed by atoms with E-state index in [1.165, 1.54) is 0 Å². The number of Topliss-reactive ketones (excluding diaryl/α,β-unsaturated/α-hetero) is 1. The van der Waals surface area contributed by atoms with Crippen LogP contribution in [0.1, 0.15) is 6.92 Å². The molecule has 3 heteroatoms. The second-order valence-electron chi connectivity index (χ2n) is 3.28. The van der Waals surface area contributed by atoms with Gasteiger partial charge in [0.05, 0.1) is 6.54 Å². The highest BCUT2D eigenvalue weighted by molar-refractivity contribution is 5.77. The fourth-order valence-electron chi connectivity index (χ4n) is 1.32. The molecule has 0 aromatic heterocycles. The Morgan fingerprint density at radius 1 is 1.27 bits per heavy atom. The van der Waals surface area contributed by atoms with Crippen LogP contribution in [-0.4, -0.2) is 55.4 Å². The monoisotopic (exact) mass is 158 g/mol. The van der Waals surface area contributed by atoms with Crippen molar-refractivity contribution in [1.82, 2.24) is 9.80 Å². The number of nitrogens with zero attached hydrogens (tertiary/aromatic N) is 2. The Kier molecular flexibility index (Phi) is 3.02. The SMILES string of the molecule is CC(=O)[13CH2][15N]1CCN(C)CC1. The predicted molar refractivity (Wildman–Crippen MR) is 44.6 cm³/mol. The molecule has 1 saturated heterocycles. The highest BCUT2D eigenvalue weighted by Gasteiger charge is 2.13. The summed E-state index contributed by atoms with van der Waals surface area (Å²) in [6.07, 6.45) is 0. The summed E-state index contributed by atoms with van der Waals surface area (Å²) in [6, 6.07) is 0. The number of piperazine rings is 1. The molecule has 0 aliphatic carbocycles. The summed E-state index contributed by atoms with van der Waals surface area (Å²) in [5, 5.41) is 0. The molecule has 64 valence electrons. The van der Waals surface area contributed by atoms with E-state index in [1.807, 2.05) is 0 Å². The summed E-state index contributed by atoms with van der Waals surface area (Å²) in [7, 11) is 2.12. The predicted octanol–water partition coefficient (Wildman–Crippen LogP) is -0.177. The minimum atomic E-state index is 0.273. The zero-order valence-corrected chi connectivity index (χ0v) is 7.34. The molecule has 1 fully saturated rings. The summed E-state index contributed by atoms with van der Waals surface area (Å²) in [6.45, 7) is 6.54. The van der Waals surface area contributed by atoms with Gasteiger partial charge in [0.15, 0.2) is 0 Å². The quantitative estimate of drug-likeness (QED) is 0.411. The Labute approximate surface area is 68.0 Å². The van der Waals surface area contributed by atoms with Crippen LogP contribution in [0.15, 0.2) is 0 Å². The average molecular weight is 158 g/mol. The van der Waals surface area contributed by atoms with Gasteiger partial charge in [-0.2, -0.15) is 0 Å². The first-order valence-corrected chi connectivity index (χ1v) is 4.09. The molecule has 0 atom stereocenters. The maximum Gasteiger partial charge on any atom is 0.143 e. The number of hydrogen-bond donors (Lipinski definition) is 0. The molecule has 0 bridgehead atoms. The fourth-order valence-corrected chi connectivity index (χ4v) is 1.32. The lowest BCUT2D eigenvalue weighted by Crippen LogP contribution is -2.45. The van der Waals surface area contributed by atoms with E-state index in [0.717, 1.165) is 26.2 Å². The third-order valence-electron chi connectivity index (χ3n) is 2.04. The van der Waals surface area contributed by atoms with Gasteiger partial charge in [0.25, 0.3) is 0 Å². The van der Waals surface area contributed by atoms with Gasteiger partial charge in [-0.05, 0) is 14.0 Å². The van der Waals surface area contributed by atoms with Crippen LogP contribution in [0, 0.1) is 0 Å². The van der Waals surface area contributed by atoms with E-state index < -0.39 is 0 Å². The first kappa shape index (κ1) is 8.68. The molecule has 3 nitrogen and oxygen atoms in total. The summed E-state index contributed by atoms with van der Waals surface area (Å²) in [4.78, 5) is 15.2. The van der Waals surface area contributed by atoms with Gasteiger partial charge in [-0.3, -0.25) is 9.69 Å². The fraction of sp³-hybridized carbons (Fsp3) is 0.875. The number of likely N-dealkylation sites (N-methyl/N-ethyl adjacent to an activating group) is 1. The van der Waals surface area contributed by atoms with Gasteiger partial charge < -0.3 is 4.90 Å². The number of rotatable bonds is 2. The molecule has 1 aliphatic heterocycles. The van der Waals surface area contributed by atoms with E-state index >= 15 is 0 Å². The standard InChI is InChI=1S/C8H16N2O/c1-8(11)7-10-5-3-9(2)4-6-10/h3-7H2,1-2H3/i7+1,10+1. The molecule has 0 unspecified atom stereocenters. The van der Waals surface area contributed by atoms with Gasteiger partial charge in [0, 0.05) is 26.2 Å². The molecular formula is C8H16N2O. The van der Waals surface area contributed by atoms with E-state index in [0.29, 0.717) is 6.54 Å². The second-order valence-corrected chi connectivity index (χ2v) is 3.28. The Balaban J connectivity index is 2.22. The zero-order valence-electron chi connectivity index (χ0n) is 7.34. The van der Waals surface area contributed by atoms with E-state index in [2.05, 4.69) is 16.8 Å². The van der Waals surface area contributed by atoms with Crippen LogP contribution >= 0.6 is 0 Å². The molecule has 0 aromatic carbocycles. The average Bonchev–Trinajstić information content (AvgIpc) is 1.93. The summed E-state index contributed by atoms with van der Waals surface area (Å²) >= 11 is 0. The molecule has 11 heavy (non-hydrogen) atoms. The third kappa shape index (κ3) is 2.99. The van der Waals surface area contributed by atoms with Gasteiger partial charge in [0.2, 0.25) is 0 Å². The minimum Gasteiger partial charge on any atom is -0.304 e. The lowest BCUT2D eigenvalue weighted by Gasteiger charge is -2.31. The molecule has 1 heterocycles. The van der Waals surface area contributed by atoms with E-state index in [9.17, 15) is 4.79 Å². The van der Waals surface area contributed by atoms with Crippen LogP contribution in [0.2, 0.25) is 0 Å². The van der Waals surface area contributed by atoms with Crippen LogP contribution < -0.4 is 0 Å². The number of ketones is 1. The zero-order chi connectivity index (χ0) is 8.27. The number of carbonyl (C=O) groups excluding carboxylic acids is 1. The summed E-state index contributed by atoms with van der Waals surface area (Å²) < 4.78 is 0. The van der Waals surface area contributed by atoms with Crippen LogP contribution in [0.5, 0.6) is 0 Å². The molecule has 0 saturated carbocycles. The first-order valence-electron chi connectivity index (χ1n) is 4.09. The smallest absolute Gasteiger partial charge is 0.143 e. The number of carbonyl (C=O) groups is 1. The summed E-state index contributed by atoms with van der Waals surface area (Å²) in [5.41, 5.74) is 0. The van der Waals surface area contributed by atoms with Crippen molar-refractivity contribution in [2.24, 2.45) is 0 Å². The Morgan fingerprint density at radius 2 is 1.82 bits per heavy atom. The van der Waals surface area contributed by atoms with Crippen molar-refractivity contribution in [3.63, 3.8) is 0 Å². The second kappa shape index (κ2) is 3.83. The largest absolute Gasteiger partial charge is 0.304 e. The van der Waals surface area contributed by atoms with E-state index in [1.54, 1.807) is 6.92 Å². The van der Waals surface area contributed by atoms with Crippen LogP contribution in [0.3, 0.4) is 0 Å². The Hall–Kier alpha value is -0.410. The Morgan fingerprint density at radius 3 is 2.27 bits per heavy atom. The molecule has 1 rings (SSSR count). The lowest BCUT2D eigenvalue weighted by molar-refractivity contribution is -0.118. The molecule has 0 spiro atoms. The van der Waals surface area contributed by atoms with Crippen molar-refractivity contribution >= 4 is 5.78 Å². The van der Waals surface area contributed by atoms with Crippen LogP contribution in [-0.2, 0) is 4.79 Å². The maximum absolute atomic E-state index is 10.7. The van der Waals surface area contributed by atoms with Gasteiger partial charge in [0.1, 0.15) is 5.78 Å². The van der Waals surface area contributed by atoms with Gasteiger partial charge in [-0.15, -0.1) is 0 Å². The van der Waals surface area contributed by atoms with Gasteiger partial charge in [-0.25, -0.2) is 0 Å². The normalized spacial score (nSPS) is 22.0. The van der Waals surface area contributed by atoms with Crippen molar-refractivity contribution < 1.29 is 4.79 Å². The van der Waals surface area contributed by atoms with Crippen molar-refractivity contribution in [3.05, 3.63) is 0 Å². The van der Waals surface area contributed by atoms with Crippen molar-refractivity contribution in [1.29, 1.82) is 0 Å². The first-order chi connectivity index (χ1) is 5.18. The topological polar surface area (TPSA) is 23.6 Å². The van der Waals surface area contributed by atoms with E-state index in [4.69, 9.17) is 0 Å². The third-order valence-corrected chi connectivity index (χ3v) is 2.04. The molecule has 0 amide bonds. The van der Waals surface area contributed by atoms with E-state index in [-0.39, 0.29) is 5.78 Å². The highest BCUT2D eigenvalue weighted by Crippen LogP contribution is 1.97. The van der Waals surface area contributed by atoms with Crippen molar-refractivity contribution in [2.45, 2.75) is 6.92 Å². The molecule has 0 aromatic rings. The Bertz CT molecular complexity index is 139. The van der Waals surface area contributed by atoms with Gasteiger partial charge in [-0.1, -0.05) is 0 Å². The molecule has 0 N–H and O–H groups in total. The van der Waals surface area contributed by atoms with Crippen molar-refractivity contribution in [2.75, 3.05) is 39.8 Å². The highest BCUT2D eigenvalue weighted by atomic mass is 16.2. The molecular weight excluding hydrogens is 142 g/mol. The van der Waals surface area contributed by atoms with Crippen LogP contribution in [0.4, 0.5) is 0 Å².